The lowest BCUT2D eigenvalue weighted by Crippen LogP contribution is -2.36. The van der Waals surface area contributed by atoms with Crippen LogP contribution in [0.3, 0.4) is 0 Å². The minimum absolute atomic E-state index is 0.0955. The topological polar surface area (TPSA) is 46.6 Å². The smallest absolute Gasteiger partial charge is 0.307 e. The number of hydrogen-bond acceptors (Lipinski definition) is 3. The molecule has 0 fully saturated rings. The third kappa shape index (κ3) is 6.74. The molecule has 1 rings (SSSR count). The number of amides is 1. The van der Waals surface area contributed by atoms with Crippen molar-refractivity contribution < 1.29 is 14.3 Å². The molecule has 122 valence electrons. The standard InChI is InChI=1S/C18H27NO3/c1-14(2)13-19(12-11-18(21)22-4)17(20)10-9-16-7-5-15(3)6-8-16/h5-8,14H,9-13H2,1-4H3. The fourth-order valence-corrected chi connectivity index (χ4v) is 2.25. The highest BCUT2D eigenvalue weighted by molar-refractivity contribution is 5.77. The first-order valence-corrected chi connectivity index (χ1v) is 7.82. The number of rotatable bonds is 8. The van der Waals surface area contributed by atoms with E-state index in [4.69, 9.17) is 0 Å². The van der Waals surface area contributed by atoms with E-state index >= 15 is 0 Å². The van der Waals surface area contributed by atoms with Gasteiger partial charge < -0.3 is 9.64 Å². The van der Waals surface area contributed by atoms with Gasteiger partial charge in [-0.2, -0.15) is 0 Å². The third-order valence-corrected chi connectivity index (χ3v) is 3.50. The van der Waals surface area contributed by atoms with Gasteiger partial charge >= 0.3 is 5.97 Å². The van der Waals surface area contributed by atoms with E-state index in [1.807, 2.05) is 6.92 Å². The van der Waals surface area contributed by atoms with Crippen LogP contribution in [0, 0.1) is 12.8 Å². The summed E-state index contributed by atoms with van der Waals surface area (Å²) in [5.41, 5.74) is 2.38. The molecule has 0 aliphatic rings. The lowest BCUT2D eigenvalue weighted by atomic mass is 10.1. The maximum Gasteiger partial charge on any atom is 0.307 e. The van der Waals surface area contributed by atoms with E-state index in [-0.39, 0.29) is 18.3 Å². The van der Waals surface area contributed by atoms with Crippen molar-refractivity contribution in [2.45, 2.75) is 40.0 Å². The van der Waals surface area contributed by atoms with Crippen molar-refractivity contribution in [1.82, 2.24) is 4.90 Å². The number of benzene rings is 1. The fraction of sp³-hybridized carbons (Fsp3) is 0.556. The number of carbonyl (C=O) groups is 2. The zero-order chi connectivity index (χ0) is 16.5. The molecule has 0 heterocycles. The molecule has 1 aromatic carbocycles. The van der Waals surface area contributed by atoms with Crippen molar-refractivity contribution in [3.8, 4) is 0 Å². The summed E-state index contributed by atoms with van der Waals surface area (Å²) in [7, 11) is 1.37. The average molecular weight is 305 g/mol. The largest absolute Gasteiger partial charge is 0.469 e. The molecule has 1 amide bonds. The van der Waals surface area contributed by atoms with E-state index in [0.717, 1.165) is 12.0 Å². The normalized spacial score (nSPS) is 10.6. The molecule has 0 spiro atoms. The van der Waals surface area contributed by atoms with Gasteiger partial charge in [0.2, 0.25) is 5.91 Å². The minimum Gasteiger partial charge on any atom is -0.469 e. The number of methoxy groups -OCH3 is 1. The van der Waals surface area contributed by atoms with E-state index in [2.05, 4.69) is 42.8 Å². The molecule has 1 aromatic rings. The molecule has 0 N–H and O–H groups in total. The van der Waals surface area contributed by atoms with Gasteiger partial charge in [0.1, 0.15) is 0 Å². The number of aryl methyl sites for hydroxylation is 2. The van der Waals surface area contributed by atoms with Crippen molar-refractivity contribution in [2.75, 3.05) is 20.2 Å². The summed E-state index contributed by atoms with van der Waals surface area (Å²) < 4.78 is 4.65. The Morgan fingerprint density at radius 1 is 1.14 bits per heavy atom. The van der Waals surface area contributed by atoms with Crippen LogP contribution < -0.4 is 0 Å². The monoisotopic (exact) mass is 305 g/mol. The molecule has 0 saturated carbocycles. The fourth-order valence-electron chi connectivity index (χ4n) is 2.25. The zero-order valence-electron chi connectivity index (χ0n) is 14.1. The second kappa shape index (κ2) is 9.23. The van der Waals surface area contributed by atoms with E-state index < -0.39 is 0 Å². The third-order valence-electron chi connectivity index (χ3n) is 3.50. The number of nitrogens with zero attached hydrogens (tertiary/aromatic N) is 1. The molecule has 22 heavy (non-hydrogen) atoms. The van der Waals surface area contributed by atoms with E-state index in [9.17, 15) is 9.59 Å². The van der Waals surface area contributed by atoms with Crippen LogP contribution in [0.15, 0.2) is 24.3 Å². The molecular formula is C18H27NO3. The Morgan fingerprint density at radius 3 is 2.32 bits per heavy atom. The highest BCUT2D eigenvalue weighted by atomic mass is 16.5. The summed E-state index contributed by atoms with van der Waals surface area (Å²) in [5.74, 6) is 0.194. The van der Waals surface area contributed by atoms with Gasteiger partial charge in [-0.15, -0.1) is 0 Å². The van der Waals surface area contributed by atoms with Crippen molar-refractivity contribution in [3.05, 3.63) is 35.4 Å². The second-order valence-corrected chi connectivity index (χ2v) is 6.05. The average Bonchev–Trinajstić information content (AvgIpc) is 2.49. The first kappa shape index (κ1) is 18.2. The predicted molar refractivity (Wildman–Crippen MR) is 87.6 cm³/mol. The molecule has 0 bridgehead atoms. The number of hydrogen-bond donors (Lipinski definition) is 0. The minimum atomic E-state index is -0.278. The quantitative estimate of drug-likeness (QED) is 0.694. The molecule has 0 aliphatic carbocycles. The van der Waals surface area contributed by atoms with Crippen molar-refractivity contribution in [2.24, 2.45) is 5.92 Å². The van der Waals surface area contributed by atoms with Crippen molar-refractivity contribution in [1.29, 1.82) is 0 Å². The van der Waals surface area contributed by atoms with Crippen molar-refractivity contribution in [3.63, 3.8) is 0 Å². The molecule has 4 heteroatoms. The highest BCUT2D eigenvalue weighted by Crippen LogP contribution is 2.09. The molecule has 4 nitrogen and oxygen atoms in total. The van der Waals surface area contributed by atoms with Gasteiger partial charge in [0.25, 0.3) is 0 Å². The summed E-state index contributed by atoms with van der Waals surface area (Å²) in [4.78, 5) is 25.4. The Morgan fingerprint density at radius 2 is 1.77 bits per heavy atom. The van der Waals surface area contributed by atoms with E-state index in [0.29, 0.717) is 25.4 Å². The second-order valence-electron chi connectivity index (χ2n) is 6.05. The van der Waals surface area contributed by atoms with Crippen LogP contribution in [-0.2, 0) is 20.7 Å². The maximum absolute atomic E-state index is 12.4. The molecule has 0 saturated heterocycles. The van der Waals surface area contributed by atoms with Gasteiger partial charge in [-0.25, -0.2) is 0 Å². The van der Waals surface area contributed by atoms with Crippen LogP contribution in [0.1, 0.15) is 37.8 Å². The predicted octanol–water partition coefficient (Wildman–Crippen LogP) is 2.98. The Kier molecular flexibility index (Phi) is 7.64. The number of esters is 1. The summed E-state index contributed by atoms with van der Waals surface area (Å²) in [6.45, 7) is 7.28. The Hall–Kier alpha value is -1.84. The van der Waals surface area contributed by atoms with Gasteiger partial charge in [-0.1, -0.05) is 43.7 Å². The van der Waals surface area contributed by atoms with E-state index in [1.165, 1.54) is 12.7 Å². The summed E-state index contributed by atoms with van der Waals surface area (Å²) in [6, 6.07) is 8.24. The molecular weight excluding hydrogens is 278 g/mol. The number of ether oxygens (including phenoxy) is 1. The SMILES string of the molecule is COC(=O)CCN(CC(C)C)C(=O)CCc1ccc(C)cc1. The van der Waals surface area contributed by atoms with Crippen molar-refractivity contribution >= 4 is 11.9 Å². The first-order chi connectivity index (χ1) is 10.4. The Labute approximate surface area is 133 Å². The van der Waals surface area contributed by atoms with Crippen LogP contribution in [0.25, 0.3) is 0 Å². The molecule has 0 unspecified atom stereocenters. The summed E-state index contributed by atoms with van der Waals surface area (Å²) in [5, 5.41) is 0. The molecule has 0 atom stereocenters. The van der Waals surface area contributed by atoms with Gasteiger partial charge in [0.15, 0.2) is 0 Å². The molecule has 0 aromatic heterocycles. The number of carbonyl (C=O) groups excluding carboxylic acids is 2. The zero-order valence-corrected chi connectivity index (χ0v) is 14.1. The van der Waals surface area contributed by atoms with Crippen LogP contribution in [-0.4, -0.2) is 37.0 Å². The maximum atomic E-state index is 12.4. The first-order valence-electron chi connectivity index (χ1n) is 7.82. The highest BCUT2D eigenvalue weighted by Gasteiger charge is 2.16. The van der Waals surface area contributed by atoms with Gasteiger partial charge in [-0.05, 0) is 24.8 Å². The van der Waals surface area contributed by atoms with E-state index in [1.54, 1.807) is 4.90 Å². The molecule has 0 aliphatic heterocycles. The lowest BCUT2D eigenvalue weighted by molar-refractivity contribution is -0.141. The lowest BCUT2D eigenvalue weighted by Gasteiger charge is -2.24. The summed E-state index contributed by atoms with van der Waals surface area (Å²) in [6.07, 6.45) is 1.45. The van der Waals surface area contributed by atoms with Crippen LogP contribution in [0.2, 0.25) is 0 Å². The Balaban J connectivity index is 2.54. The summed E-state index contributed by atoms with van der Waals surface area (Å²) >= 11 is 0. The molecule has 0 radical (unpaired) electrons. The van der Waals surface area contributed by atoms with Gasteiger partial charge in [0.05, 0.1) is 13.5 Å². The van der Waals surface area contributed by atoms with Crippen LogP contribution in [0.5, 0.6) is 0 Å². The van der Waals surface area contributed by atoms with Crippen LogP contribution >= 0.6 is 0 Å². The van der Waals surface area contributed by atoms with Gasteiger partial charge in [-0.3, -0.25) is 9.59 Å². The van der Waals surface area contributed by atoms with Gasteiger partial charge in [0, 0.05) is 19.5 Å². The van der Waals surface area contributed by atoms with Crippen LogP contribution in [0.4, 0.5) is 0 Å². The Bertz CT molecular complexity index is 480.